The van der Waals surface area contributed by atoms with Crippen LogP contribution in [0.1, 0.15) is 12.5 Å². The van der Waals surface area contributed by atoms with Gasteiger partial charge in [-0.25, -0.2) is 0 Å². The molecule has 1 unspecified atom stereocenters. The van der Waals surface area contributed by atoms with Crippen LogP contribution in [0.2, 0.25) is 15.1 Å². The molecule has 0 heterocycles. The van der Waals surface area contributed by atoms with Crippen LogP contribution in [0.3, 0.4) is 0 Å². The fourth-order valence-corrected chi connectivity index (χ4v) is 2.31. The summed E-state index contributed by atoms with van der Waals surface area (Å²) in [4.78, 5) is 0. The minimum absolute atomic E-state index is 0.0503. The molecule has 0 bridgehead atoms. The Balaban J connectivity index is 2.14. The summed E-state index contributed by atoms with van der Waals surface area (Å²) >= 11 is 17.8. The standard InChI is InChI=1S/C15H13Cl3O2/c1-15(19,10-5-3-2-4-6-10)9-20-14-8-12(17)11(16)7-13(14)18/h2-8,19H,9H2,1H3. The highest BCUT2D eigenvalue weighted by atomic mass is 35.5. The summed E-state index contributed by atoms with van der Waals surface area (Å²) in [6.45, 7) is 1.72. The largest absolute Gasteiger partial charge is 0.489 e. The maximum absolute atomic E-state index is 10.4. The molecule has 0 fully saturated rings. The van der Waals surface area contributed by atoms with E-state index in [1.165, 1.54) is 12.1 Å². The normalized spacial score (nSPS) is 13.8. The highest BCUT2D eigenvalue weighted by Crippen LogP contribution is 2.34. The third-order valence-electron chi connectivity index (χ3n) is 2.88. The second-order valence-corrected chi connectivity index (χ2v) is 5.85. The van der Waals surface area contributed by atoms with Crippen molar-refractivity contribution in [3.63, 3.8) is 0 Å². The summed E-state index contributed by atoms with van der Waals surface area (Å²) in [5.74, 6) is 0.386. The zero-order valence-corrected chi connectivity index (χ0v) is 13.0. The third-order valence-corrected chi connectivity index (χ3v) is 3.90. The van der Waals surface area contributed by atoms with Crippen LogP contribution in [0.5, 0.6) is 5.75 Å². The van der Waals surface area contributed by atoms with Crippen LogP contribution in [0.25, 0.3) is 0 Å². The van der Waals surface area contributed by atoms with E-state index in [2.05, 4.69) is 0 Å². The van der Waals surface area contributed by atoms with E-state index in [1.54, 1.807) is 6.92 Å². The maximum atomic E-state index is 10.4. The van der Waals surface area contributed by atoms with Gasteiger partial charge in [0.2, 0.25) is 0 Å². The molecule has 1 N–H and O–H groups in total. The van der Waals surface area contributed by atoms with Gasteiger partial charge in [-0.15, -0.1) is 0 Å². The molecule has 0 aliphatic rings. The molecule has 1 atom stereocenters. The van der Waals surface area contributed by atoms with Crippen molar-refractivity contribution in [3.8, 4) is 5.75 Å². The summed E-state index contributed by atoms with van der Waals surface area (Å²) in [5.41, 5.74) is -0.368. The number of halogens is 3. The molecular weight excluding hydrogens is 319 g/mol. The van der Waals surface area contributed by atoms with E-state index >= 15 is 0 Å². The first-order chi connectivity index (χ1) is 9.40. The molecule has 0 amide bonds. The number of rotatable bonds is 4. The van der Waals surface area contributed by atoms with Gasteiger partial charge in [-0.05, 0) is 18.6 Å². The fraction of sp³-hybridized carbons (Fsp3) is 0.200. The van der Waals surface area contributed by atoms with E-state index < -0.39 is 5.60 Å². The van der Waals surface area contributed by atoms with Gasteiger partial charge in [-0.2, -0.15) is 0 Å². The van der Waals surface area contributed by atoms with Gasteiger partial charge in [0, 0.05) is 6.07 Å². The number of ether oxygens (including phenoxy) is 1. The van der Waals surface area contributed by atoms with Gasteiger partial charge < -0.3 is 9.84 Å². The molecule has 0 radical (unpaired) electrons. The molecule has 0 spiro atoms. The predicted octanol–water partition coefficient (Wildman–Crippen LogP) is 4.93. The number of benzene rings is 2. The lowest BCUT2D eigenvalue weighted by molar-refractivity contribution is 0.00764. The number of aliphatic hydroxyl groups is 1. The SMILES string of the molecule is CC(O)(COc1cc(Cl)c(Cl)cc1Cl)c1ccccc1. The molecule has 20 heavy (non-hydrogen) atoms. The molecule has 0 saturated heterocycles. The summed E-state index contributed by atoms with van der Waals surface area (Å²) in [6, 6.07) is 12.3. The van der Waals surface area contributed by atoms with Crippen molar-refractivity contribution in [1.82, 2.24) is 0 Å². The monoisotopic (exact) mass is 330 g/mol. The van der Waals surface area contributed by atoms with Gasteiger partial charge in [0.15, 0.2) is 0 Å². The van der Waals surface area contributed by atoms with Gasteiger partial charge in [0.05, 0.1) is 15.1 Å². The summed E-state index contributed by atoms with van der Waals surface area (Å²) in [6.07, 6.45) is 0. The first-order valence-electron chi connectivity index (χ1n) is 5.95. The van der Waals surface area contributed by atoms with Crippen molar-refractivity contribution < 1.29 is 9.84 Å². The Kier molecular flexibility index (Phi) is 4.82. The molecule has 2 aromatic carbocycles. The Labute approximate surface area is 132 Å². The summed E-state index contributed by atoms with van der Waals surface area (Å²) < 4.78 is 5.57. The first-order valence-corrected chi connectivity index (χ1v) is 7.09. The molecular formula is C15H13Cl3O2. The van der Waals surface area contributed by atoms with Crippen LogP contribution in [-0.2, 0) is 5.60 Å². The summed E-state index contributed by atoms with van der Waals surface area (Å²) in [7, 11) is 0. The van der Waals surface area contributed by atoms with E-state index in [1.807, 2.05) is 30.3 Å². The van der Waals surface area contributed by atoms with E-state index in [0.29, 0.717) is 20.8 Å². The zero-order chi connectivity index (χ0) is 14.8. The van der Waals surface area contributed by atoms with Crippen LogP contribution in [-0.4, -0.2) is 11.7 Å². The molecule has 0 aromatic heterocycles. The van der Waals surface area contributed by atoms with Crippen LogP contribution >= 0.6 is 34.8 Å². The molecule has 0 aliphatic heterocycles. The third kappa shape index (κ3) is 3.58. The smallest absolute Gasteiger partial charge is 0.139 e. The highest BCUT2D eigenvalue weighted by molar-refractivity contribution is 6.43. The molecule has 0 saturated carbocycles. The molecule has 2 nitrogen and oxygen atoms in total. The first kappa shape index (κ1) is 15.5. The van der Waals surface area contributed by atoms with E-state index in [4.69, 9.17) is 39.5 Å². The molecule has 2 rings (SSSR count). The average Bonchev–Trinajstić information content (AvgIpc) is 2.42. The Morgan fingerprint density at radius 1 is 1.00 bits per heavy atom. The van der Waals surface area contributed by atoms with Crippen molar-refractivity contribution in [3.05, 3.63) is 63.1 Å². The lowest BCUT2D eigenvalue weighted by Gasteiger charge is -2.24. The fourth-order valence-electron chi connectivity index (χ4n) is 1.71. The number of hydrogen-bond donors (Lipinski definition) is 1. The van der Waals surface area contributed by atoms with Gasteiger partial charge in [-0.3, -0.25) is 0 Å². The zero-order valence-electron chi connectivity index (χ0n) is 10.7. The van der Waals surface area contributed by atoms with Crippen LogP contribution in [0, 0.1) is 0 Å². The van der Waals surface area contributed by atoms with Crippen molar-refractivity contribution in [2.75, 3.05) is 6.61 Å². The number of hydrogen-bond acceptors (Lipinski definition) is 2. The molecule has 0 aliphatic carbocycles. The second-order valence-electron chi connectivity index (χ2n) is 4.63. The van der Waals surface area contributed by atoms with Gasteiger partial charge in [0.25, 0.3) is 0 Å². The maximum Gasteiger partial charge on any atom is 0.139 e. The Hall–Kier alpha value is -0.930. The van der Waals surface area contributed by atoms with Gasteiger partial charge in [0.1, 0.15) is 18.0 Å². The van der Waals surface area contributed by atoms with Crippen molar-refractivity contribution in [2.45, 2.75) is 12.5 Å². The van der Waals surface area contributed by atoms with E-state index in [0.717, 1.165) is 5.56 Å². The highest BCUT2D eigenvalue weighted by Gasteiger charge is 2.24. The lowest BCUT2D eigenvalue weighted by atomic mass is 9.97. The topological polar surface area (TPSA) is 29.5 Å². The molecule has 106 valence electrons. The van der Waals surface area contributed by atoms with Crippen LogP contribution in [0.15, 0.2) is 42.5 Å². The minimum Gasteiger partial charge on any atom is -0.489 e. The Morgan fingerprint density at radius 2 is 1.60 bits per heavy atom. The minimum atomic E-state index is -1.13. The predicted molar refractivity (Wildman–Crippen MR) is 83.0 cm³/mol. The lowest BCUT2D eigenvalue weighted by Crippen LogP contribution is -2.29. The molecule has 2 aromatic rings. The summed E-state index contributed by atoms with van der Waals surface area (Å²) in [5, 5.41) is 11.5. The Bertz CT molecular complexity index is 598. The van der Waals surface area contributed by atoms with Gasteiger partial charge >= 0.3 is 0 Å². The van der Waals surface area contributed by atoms with Crippen molar-refractivity contribution in [1.29, 1.82) is 0 Å². The van der Waals surface area contributed by atoms with E-state index in [9.17, 15) is 5.11 Å². The van der Waals surface area contributed by atoms with Gasteiger partial charge in [-0.1, -0.05) is 65.1 Å². The quantitative estimate of drug-likeness (QED) is 0.805. The van der Waals surface area contributed by atoms with E-state index in [-0.39, 0.29) is 6.61 Å². The second kappa shape index (κ2) is 6.23. The Morgan fingerprint density at radius 3 is 2.25 bits per heavy atom. The van der Waals surface area contributed by atoms with Crippen molar-refractivity contribution >= 4 is 34.8 Å². The van der Waals surface area contributed by atoms with Crippen LogP contribution in [0.4, 0.5) is 0 Å². The molecule has 5 heteroatoms. The van der Waals surface area contributed by atoms with Crippen LogP contribution < -0.4 is 4.74 Å². The average molecular weight is 332 g/mol. The van der Waals surface area contributed by atoms with Crippen molar-refractivity contribution in [2.24, 2.45) is 0 Å².